The van der Waals surface area contributed by atoms with Crippen LogP contribution in [0.1, 0.15) is 13.3 Å². The molecule has 8 heteroatoms. The third kappa shape index (κ3) is 7.01. The molecule has 1 aliphatic heterocycles. The fourth-order valence-corrected chi connectivity index (χ4v) is 2.88. The number of hydrogen-bond acceptors (Lipinski definition) is 6. The SMILES string of the molecule is CCOc1ccccc1OCC(=O)N1CCCN(C(=O)COCCOC)CC1. The van der Waals surface area contributed by atoms with E-state index in [2.05, 4.69) is 0 Å². The van der Waals surface area contributed by atoms with Gasteiger partial charge in [-0.05, 0) is 25.5 Å². The van der Waals surface area contributed by atoms with Crippen LogP contribution in [0, 0.1) is 0 Å². The summed E-state index contributed by atoms with van der Waals surface area (Å²) >= 11 is 0. The van der Waals surface area contributed by atoms with Gasteiger partial charge in [-0.3, -0.25) is 9.59 Å². The van der Waals surface area contributed by atoms with Gasteiger partial charge in [0.05, 0.1) is 19.8 Å². The number of amides is 2. The normalized spacial score (nSPS) is 14.5. The largest absolute Gasteiger partial charge is 0.490 e. The third-order valence-corrected chi connectivity index (χ3v) is 4.36. The summed E-state index contributed by atoms with van der Waals surface area (Å²) in [5, 5.41) is 0. The predicted octanol–water partition coefficient (Wildman–Crippen LogP) is 1.19. The summed E-state index contributed by atoms with van der Waals surface area (Å²) in [5.41, 5.74) is 0. The van der Waals surface area contributed by atoms with Crippen molar-refractivity contribution in [2.75, 3.05) is 66.3 Å². The summed E-state index contributed by atoms with van der Waals surface area (Å²) in [5.74, 6) is 1.01. The van der Waals surface area contributed by atoms with Crippen molar-refractivity contribution in [3.63, 3.8) is 0 Å². The average Bonchev–Trinajstić information content (AvgIpc) is 2.97. The van der Waals surface area contributed by atoms with Crippen LogP contribution < -0.4 is 9.47 Å². The summed E-state index contributed by atoms with van der Waals surface area (Å²) in [4.78, 5) is 28.2. The maximum Gasteiger partial charge on any atom is 0.260 e. The first-order valence-electron chi connectivity index (χ1n) is 9.62. The van der Waals surface area contributed by atoms with E-state index < -0.39 is 0 Å². The number of hydrogen-bond donors (Lipinski definition) is 0. The third-order valence-electron chi connectivity index (χ3n) is 4.36. The van der Waals surface area contributed by atoms with Gasteiger partial charge in [-0.25, -0.2) is 0 Å². The lowest BCUT2D eigenvalue weighted by molar-refractivity contribution is -0.137. The zero-order chi connectivity index (χ0) is 20.2. The first kappa shape index (κ1) is 22.0. The second kappa shape index (κ2) is 12.2. The Labute approximate surface area is 166 Å². The van der Waals surface area contributed by atoms with Crippen LogP contribution in [0.15, 0.2) is 24.3 Å². The highest BCUT2D eigenvalue weighted by Crippen LogP contribution is 2.26. The van der Waals surface area contributed by atoms with Crippen molar-refractivity contribution in [2.24, 2.45) is 0 Å². The highest BCUT2D eigenvalue weighted by Gasteiger charge is 2.22. The Balaban J connectivity index is 1.78. The number of ether oxygens (including phenoxy) is 4. The van der Waals surface area contributed by atoms with Gasteiger partial charge in [0.2, 0.25) is 5.91 Å². The van der Waals surface area contributed by atoms with Gasteiger partial charge >= 0.3 is 0 Å². The van der Waals surface area contributed by atoms with Gasteiger partial charge in [0.1, 0.15) is 6.61 Å². The van der Waals surface area contributed by atoms with Crippen molar-refractivity contribution in [3.05, 3.63) is 24.3 Å². The molecule has 0 N–H and O–H groups in total. The lowest BCUT2D eigenvalue weighted by atomic mass is 10.3. The Bertz CT molecular complexity index is 624. The van der Waals surface area contributed by atoms with E-state index in [1.165, 1.54) is 0 Å². The lowest BCUT2D eigenvalue weighted by Crippen LogP contribution is -2.40. The van der Waals surface area contributed by atoms with E-state index in [-0.39, 0.29) is 25.0 Å². The van der Waals surface area contributed by atoms with Crippen LogP contribution in [-0.4, -0.2) is 87.9 Å². The topological polar surface area (TPSA) is 77.5 Å². The van der Waals surface area contributed by atoms with E-state index in [1.54, 1.807) is 23.0 Å². The van der Waals surface area contributed by atoms with Gasteiger partial charge < -0.3 is 28.7 Å². The van der Waals surface area contributed by atoms with E-state index >= 15 is 0 Å². The fraction of sp³-hybridized carbons (Fsp3) is 0.600. The molecule has 1 heterocycles. The Morgan fingerprint density at radius 3 is 2.11 bits per heavy atom. The molecule has 0 atom stereocenters. The fourth-order valence-electron chi connectivity index (χ4n) is 2.88. The summed E-state index contributed by atoms with van der Waals surface area (Å²) in [7, 11) is 1.59. The Morgan fingerprint density at radius 1 is 0.893 bits per heavy atom. The molecule has 0 radical (unpaired) electrons. The first-order chi connectivity index (χ1) is 13.7. The van der Waals surface area contributed by atoms with Crippen molar-refractivity contribution in [2.45, 2.75) is 13.3 Å². The number of nitrogens with zero attached hydrogens (tertiary/aromatic N) is 2. The molecule has 0 bridgehead atoms. The van der Waals surface area contributed by atoms with Crippen LogP contribution >= 0.6 is 0 Å². The lowest BCUT2D eigenvalue weighted by Gasteiger charge is -2.22. The Hall–Kier alpha value is -2.32. The minimum Gasteiger partial charge on any atom is -0.490 e. The number of carbonyl (C=O) groups is 2. The molecule has 1 aliphatic rings. The molecule has 8 nitrogen and oxygen atoms in total. The molecule has 2 rings (SSSR count). The minimum absolute atomic E-state index is 0.0363. The predicted molar refractivity (Wildman–Crippen MR) is 104 cm³/mol. The molecule has 0 saturated carbocycles. The number of carbonyl (C=O) groups excluding carboxylic acids is 2. The van der Waals surface area contributed by atoms with Gasteiger partial charge in [-0.2, -0.15) is 0 Å². The molecule has 1 aromatic rings. The van der Waals surface area contributed by atoms with Gasteiger partial charge in [0.25, 0.3) is 5.91 Å². The smallest absolute Gasteiger partial charge is 0.260 e. The van der Waals surface area contributed by atoms with Crippen molar-refractivity contribution in [3.8, 4) is 11.5 Å². The molecule has 0 aliphatic carbocycles. The Kier molecular flexibility index (Phi) is 9.57. The van der Waals surface area contributed by atoms with E-state index in [1.807, 2.05) is 25.1 Å². The highest BCUT2D eigenvalue weighted by molar-refractivity contribution is 5.79. The van der Waals surface area contributed by atoms with E-state index in [0.29, 0.717) is 57.5 Å². The molecule has 1 fully saturated rings. The quantitative estimate of drug-likeness (QED) is 0.555. The molecule has 0 spiro atoms. The standard InChI is InChI=1S/C20H30N2O6/c1-3-27-17-7-4-5-8-18(17)28-16-20(24)22-10-6-9-21(11-12-22)19(23)15-26-14-13-25-2/h4-5,7-8H,3,6,9-16H2,1-2H3. The maximum atomic E-state index is 12.5. The van der Waals surface area contributed by atoms with Crippen LogP contribution in [0.3, 0.4) is 0 Å². The van der Waals surface area contributed by atoms with Gasteiger partial charge in [0.15, 0.2) is 18.1 Å². The summed E-state index contributed by atoms with van der Waals surface area (Å²) in [6, 6.07) is 7.30. The van der Waals surface area contributed by atoms with Crippen molar-refractivity contribution in [1.82, 2.24) is 9.80 Å². The maximum absolute atomic E-state index is 12.5. The monoisotopic (exact) mass is 394 g/mol. The van der Waals surface area contributed by atoms with Gasteiger partial charge in [-0.1, -0.05) is 12.1 Å². The van der Waals surface area contributed by atoms with Crippen molar-refractivity contribution >= 4 is 11.8 Å². The number of para-hydroxylation sites is 2. The minimum atomic E-state index is -0.100. The second-order valence-electron chi connectivity index (χ2n) is 6.33. The zero-order valence-corrected chi connectivity index (χ0v) is 16.7. The molecular weight excluding hydrogens is 364 g/mol. The van der Waals surface area contributed by atoms with Crippen LogP contribution in [0.25, 0.3) is 0 Å². The molecule has 2 amide bonds. The average molecular weight is 394 g/mol. The molecule has 28 heavy (non-hydrogen) atoms. The number of methoxy groups -OCH3 is 1. The Morgan fingerprint density at radius 2 is 1.50 bits per heavy atom. The van der Waals surface area contributed by atoms with E-state index in [9.17, 15) is 9.59 Å². The summed E-state index contributed by atoms with van der Waals surface area (Å²) in [6.45, 7) is 5.45. The molecule has 0 aromatic heterocycles. The second-order valence-corrected chi connectivity index (χ2v) is 6.33. The van der Waals surface area contributed by atoms with Crippen molar-refractivity contribution in [1.29, 1.82) is 0 Å². The summed E-state index contributed by atoms with van der Waals surface area (Å²) in [6.07, 6.45) is 0.727. The van der Waals surface area contributed by atoms with Crippen LogP contribution in [-0.2, 0) is 19.1 Å². The number of benzene rings is 1. The van der Waals surface area contributed by atoms with Gasteiger partial charge in [0, 0.05) is 33.3 Å². The first-order valence-corrected chi connectivity index (χ1v) is 9.62. The van der Waals surface area contributed by atoms with Crippen LogP contribution in [0.4, 0.5) is 0 Å². The van der Waals surface area contributed by atoms with E-state index in [0.717, 1.165) is 6.42 Å². The zero-order valence-electron chi connectivity index (χ0n) is 16.7. The molecular formula is C20H30N2O6. The van der Waals surface area contributed by atoms with E-state index in [4.69, 9.17) is 18.9 Å². The molecule has 0 unspecified atom stereocenters. The molecule has 1 saturated heterocycles. The highest BCUT2D eigenvalue weighted by atomic mass is 16.5. The van der Waals surface area contributed by atoms with Crippen molar-refractivity contribution < 1.29 is 28.5 Å². The molecule has 1 aromatic carbocycles. The van der Waals surface area contributed by atoms with Gasteiger partial charge in [-0.15, -0.1) is 0 Å². The van der Waals surface area contributed by atoms with Crippen LogP contribution in [0.2, 0.25) is 0 Å². The summed E-state index contributed by atoms with van der Waals surface area (Å²) < 4.78 is 21.4. The van der Waals surface area contributed by atoms with Crippen LogP contribution in [0.5, 0.6) is 11.5 Å². The number of rotatable bonds is 10. The molecule has 156 valence electrons.